The van der Waals surface area contributed by atoms with Gasteiger partial charge in [0.1, 0.15) is 0 Å². The Balaban J connectivity index is 2.12. The van der Waals surface area contributed by atoms with Crippen LogP contribution in [0.5, 0.6) is 0 Å². The molecule has 0 amide bonds. The number of nitrogens with one attached hydrogen (secondary N) is 1. The zero-order chi connectivity index (χ0) is 11.3. The predicted molar refractivity (Wildman–Crippen MR) is 67.1 cm³/mol. The van der Waals surface area contributed by atoms with Gasteiger partial charge in [-0.25, -0.2) is 0 Å². The summed E-state index contributed by atoms with van der Waals surface area (Å²) < 4.78 is 0. The summed E-state index contributed by atoms with van der Waals surface area (Å²) >= 11 is 0. The summed E-state index contributed by atoms with van der Waals surface area (Å²) in [6, 6.07) is 0.619. The molecule has 0 aromatic rings. The van der Waals surface area contributed by atoms with Gasteiger partial charge in [-0.2, -0.15) is 0 Å². The highest BCUT2D eigenvalue weighted by Gasteiger charge is 2.17. The molecule has 0 aromatic carbocycles. The van der Waals surface area contributed by atoms with Gasteiger partial charge in [-0.05, 0) is 44.3 Å². The van der Waals surface area contributed by atoms with E-state index in [9.17, 15) is 0 Å². The van der Waals surface area contributed by atoms with Crippen molar-refractivity contribution in [2.45, 2.75) is 46.6 Å². The van der Waals surface area contributed by atoms with E-state index in [4.69, 9.17) is 0 Å². The summed E-state index contributed by atoms with van der Waals surface area (Å²) in [5, 5.41) is 3.52. The lowest BCUT2D eigenvalue weighted by Gasteiger charge is -2.32. The molecule has 1 saturated heterocycles. The second kappa shape index (κ2) is 6.49. The Morgan fingerprint density at radius 3 is 2.33 bits per heavy atom. The molecule has 1 rings (SSSR count). The maximum absolute atomic E-state index is 3.52. The molecule has 15 heavy (non-hydrogen) atoms. The predicted octanol–water partition coefficient (Wildman–Crippen LogP) is 2.35. The van der Waals surface area contributed by atoms with Crippen LogP contribution >= 0.6 is 0 Å². The van der Waals surface area contributed by atoms with E-state index in [0.29, 0.717) is 6.04 Å². The average Bonchev–Trinajstić information content (AvgIpc) is 2.19. The van der Waals surface area contributed by atoms with E-state index in [1.807, 2.05) is 0 Å². The monoisotopic (exact) mass is 212 g/mol. The molecular weight excluding hydrogens is 184 g/mol. The van der Waals surface area contributed by atoms with Crippen LogP contribution in [0.3, 0.4) is 0 Å². The SMILES string of the molecule is CC1CCN(CC(C)CNC(C)C)CC1. The largest absolute Gasteiger partial charge is 0.314 e. The second-order valence-electron chi connectivity index (χ2n) is 5.65. The fourth-order valence-electron chi connectivity index (χ4n) is 2.19. The Morgan fingerprint density at radius 1 is 1.20 bits per heavy atom. The van der Waals surface area contributed by atoms with Crippen LogP contribution in [-0.4, -0.2) is 37.1 Å². The minimum atomic E-state index is 0.619. The van der Waals surface area contributed by atoms with Crippen LogP contribution in [0.25, 0.3) is 0 Å². The molecule has 90 valence electrons. The van der Waals surface area contributed by atoms with Gasteiger partial charge in [-0.15, -0.1) is 0 Å². The fourth-order valence-corrected chi connectivity index (χ4v) is 2.19. The van der Waals surface area contributed by atoms with Crippen molar-refractivity contribution in [1.29, 1.82) is 0 Å². The van der Waals surface area contributed by atoms with E-state index < -0.39 is 0 Å². The van der Waals surface area contributed by atoms with Gasteiger partial charge in [0, 0.05) is 12.6 Å². The lowest BCUT2D eigenvalue weighted by Crippen LogP contribution is -2.39. The first kappa shape index (κ1) is 13.0. The molecule has 0 bridgehead atoms. The molecule has 1 unspecified atom stereocenters. The van der Waals surface area contributed by atoms with Gasteiger partial charge >= 0.3 is 0 Å². The standard InChI is InChI=1S/C13H28N2/c1-11(2)14-9-13(4)10-15-7-5-12(3)6-8-15/h11-14H,5-10H2,1-4H3. The number of hydrogen-bond acceptors (Lipinski definition) is 2. The lowest BCUT2D eigenvalue weighted by atomic mass is 9.98. The first-order valence-corrected chi connectivity index (χ1v) is 6.53. The first-order valence-electron chi connectivity index (χ1n) is 6.53. The molecule has 2 heteroatoms. The Bertz CT molecular complexity index is 160. The van der Waals surface area contributed by atoms with Crippen LogP contribution in [0.15, 0.2) is 0 Å². The van der Waals surface area contributed by atoms with Gasteiger partial charge in [0.2, 0.25) is 0 Å². The van der Waals surface area contributed by atoms with Crippen LogP contribution in [-0.2, 0) is 0 Å². The summed E-state index contributed by atoms with van der Waals surface area (Å²) in [7, 11) is 0. The van der Waals surface area contributed by atoms with Crippen LogP contribution in [0, 0.1) is 11.8 Å². The van der Waals surface area contributed by atoms with Crippen LogP contribution in [0.4, 0.5) is 0 Å². The van der Waals surface area contributed by atoms with Crippen LogP contribution in [0.1, 0.15) is 40.5 Å². The van der Waals surface area contributed by atoms with Crippen LogP contribution < -0.4 is 5.32 Å². The third kappa shape index (κ3) is 5.53. The van der Waals surface area contributed by atoms with Gasteiger partial charge < -0.3 is 10.2 Å². The first-order chi connectivity index (χ1) is 7.08. The van der Waals surface area contributed by atoms with E-state index in [1.54, 1.807) is 0 Å². The van der Waals surface area contributed by atoms with E-state index in [-0.39, 0.29) is 0 Å². The number of likely N-dealkylation sites (tertiary alicyclic amines) is 1. The van der Waals surface area contributed by atoms with Crippen molar-refractivity contribution in [2.24, 2.45) is 11.8 Å². The van der Waals surface area contributed by atoms with Crippen molar-refractivity contribution in [3.05, 3.63) is 0 Å². The van der Waals surface area contributed by atoms with Crippen molar-refractivity contribution < 1.29 is 0 Å². The molecule has 1 aliphatic rings. The molecule has 1 heterocycles. The summed E-state index contributed by atoms with van der Waals surface area (Å²) in [4.78, 5) is 2.63. The maximum atomic E-state index is 3.52. The Morgan fingerprint density at radius 2 is 1.80 bits per heavy atom. The molecule has 0 radical (unpaired) electrons. The summed E-state index contributed by atoms with van der Waals surface area (Å²) in [5.41, 5.74) is 0. The lowest BCUT2D eigenvalue weighted by molar-refractivity contribution is 0.169. The Kier molecular flexibility index (Phi) is 5.62. The zero-order valence-corrected chi connectivity index (χ0v) is 10.9. The van der Waals surface area contributed by atoms with Gasteiger partial charge in [-0.1, -0.05) is 27.7 Å². The van der Waals surface area contributed by atoms with E-state index in [2.05, 4.69) is 37.9 Å². The summed E-state index contributed by atoms with van der Waals surface area (Å²) in [5.74, 6) is 1.73. The van der Waals surface area contributed by atoms with Crippen molar-refractivity contribution in [2.75, 3.05) is 26.2 Å². The number of nitrogens with zero attached hydrogens (tertiary/aromatic N) is 1. The molecule has 0 aliphatic carbocycles. The molecule has 2 nitrogen and oxygen atoms in total. The molecule has 1 atom stereocenters. The van der Waals surface area contributed by atoms with Crippen molar-refractivity contribution >= 4 is 0 Å². The Hall–Kier alpha value is -0.0800. The second-order valence-corrected chi connectivity index (χ2v) is 5.65. The van der Waals surface area contributed by atoms with Gasteiger partial charge in [0.25, 0.3) is 0 Å². The number of rotatable bonds is 5. The smallest absolute Gasteiger partial charge is 0.00191 e. The molecule has 0 saturated carbocycles. The van der Waals surface area contributed by atoms with E-state index in [0.717, 1.165) is 18.4 Å². The quantitative estimate of drug-likeness (QED) is 0.752. The minimum Gasteiger partial charge on any atom is -0.314 e. The molecule has 1 N–H and O–H groups in total. The molecule has 0 aromatic heterocycles. The highest BCUT2D eigenvalue weighted by molar-refractivity contribution is 4.72. The van der Waals surface area contributed by atoms with Crippen molar-refractivity contribution in [3.63, 3.8) is 0 Å². The third-order valence-corrected chi connectivity index (χ3v) is 3.32. The molecule has 1 aliphatic heterocycles. The third-order valence-electron chi connectivity index (χ3n) is 3.32. The van der Waals surface area contributed by atoms with Crippen molar-refractivity contribution in [3.8, 4) is 0 Å². The normalized spacial score (nSPS) is 22.2. The van der Waals surface area contributed by atoms with Crippen molar-refractivity contribution in [1.82, 2.24) is 10.2 Å². The molecule has 1 fully saturated rings. The highest BCUT2D eigenvalue weighted by atomic mass is 15.1. The average molecular weight is 212 g/mol. The number of hydrogen-bond donors (Lipinski definition) is 1. The maximum Gasteiger partial charge on any atom is 0.00191 e. The Labute approximate surface area is 95.4 Å². The highest BCUT2D eigenvalue weighted by Crippen LogP contribution is 2.16. The topological polar surface area (TPSA) is 15.3 Å². The van der Waals surface area contributed by atoms with E-state index >= 15 is 0 Å². The summed E-state index contributed by atoms with van der Waals surface area (Å²) in [6.45, 7) is 14.2. The summed E-state index contributed by atoms with van der Waals surface area (Å²) in [6.07, 6.45) is 2.79. The fraction of sp³-hybridized carbons (Fsp3) is 1.00. The number of piperidine rings is 1. The minimum absolute atomic E-state index is 0.619. The van der Waals surface area contributed by atoms with Gasteiger partial charge in [-0.3, -0.25) is 0 Å². The molecular formula is C13H28N2. The van der Waals surface area contributed by atoms with Gasteiger partial charge in [0.05, 0.1) is 0 Å². The van der Waals surface area contributed by atoms with Crippen LogP contribution in [0.2, 0.25) is 0 Å². The molecule has 0 spiro atoms. The van der Waals surface area contributed by atoms with Gasteiger partial charge in [0.15, 0.2) is 0 Å². The zero-order valence-electron chi connectivity index (χ0n) is 10.9. The van der Waals surface area contributed by atoms with E-state index in [1.165, 1.54) is 32.5 Å².